The number of hydrogen-bond acceptors (Lipinski definition) is 3. The molecule has 2 aromatic carbocycles. The fraction of sp³-hybridized carbons (Fsp3) is 0.458. The van der Waals surface area contributed by atoms with Gasteiger partial charge in [-0.05, 0) is 74.5 Å². The first-order valence-electron chi connectivity index (χ1n) is 10.6. The second kappa shape index (κ2) is 8.36. The molecule has 1 N–H and O–H groups in total. The molecule has 0 bridgehead atoms. The molecule has 1 saturated heterocycles. The minimum Gasteiger partial charge on any atom is -0.374 e. The topological polar surface area (TPSA) is 35.6 Å². The number of nitrogens with zero attached hydrogens (tertiary/aromatic N) is 2. The lowest BCUT2D eigenvalue weighted by molar-refractivity contribution is 0.0937. The molecule has 0 unspecified atom stereocenters. The first-order valence-corrected chi connectivity index (χ1v) is 10.6. The zero-order valence-corrected chi connectivity index (χ0v) is 17.1. The summed E-state index contributed by atoms with van der Waals surface area (Å²) in [5.41, 5.74) is 5.94. The van der Waals surface area contributed by atoms with Crippen molar-refractivity contribution in [3.8, 4) is 0 Å². The average Bonchev–Trinajstić information content (AvgIpc) is 3.23. The standard InChI is InChI=1S/C24H31N3O/c1-18-8-3-4-10-21(18)24(28)25-17-23(27-14-5-6-15-27)20-11-12-22-19(16-20)9-7-13-26(22)2/h3-4,8,10-12,16,23H,5-7,9,13-15,17H2,1-2H3,(H,25,28)/t23-/m1/s1. The summed E-state index contributed by atoms with van der Waals surface area (Å²) in [5.74, 6) is 0.0278. The minimum absolute atomic E-state index is 0.0278. The van der Waals surface area contributed by atoms with Gasteiger partial charge in [-0.2, -0.15) is 0 Å². The van der Waals surface area contributed by atoms with Crippen molar-refractivity contribution in [1.82, 2.24) is 10.2 Å². The summed E-state index contributed by atoms with van der Waals surface area (Å²) < 4.78 is 0. The number of aryl methyl sites for hydroxylation is 2. The van der Waals surface area contributed by atoms with Crippen LogP contribution in [0.3, 0.4) is 0 Å². The minimum atomic E-state index is 0.0278. The van der Waals surface area contributed by atoms with Crippen molar-refractivity contribution >= 4 is 11.6 Å². The van der Waals surface area contributed by atoms with E-state index in [0.29, 0.717) is 6.54 Å². The highest BCUT2D eigenvalue weighted by atomic mass is 16.1. The molecule has 4 rings (SSSR count). The second-order valence-electron chi connectivity index (χ2n) is 8.20. The molecule has 1 atom stereocenters. The summed E-state index contributed by atoms with van der Waals surface area (Å²) in [6.07, 6.45) is 4.85. The van der Waals surface area contributed by atoms with Gasteiger partial charge < -0.3 is 10.2 Å². The summed E-state index contributed by atoms with van der Waals surface area (Å²) in [7, 11) is 2.18. The van der Waals surface area contributed by atoms with Crippen LogP contribution in [0.15, 0.2) is 42.5 Å². The molecular weight excluding hydrogens is 346 g/mol. The van der Waals surface area contributed by atoms with Gasteiger partial charge in [0.15, 0.2) is 0 Å². The average molecular weight is 378 g/mol. The third-order valence-corrected chi connectivity index (χ3v) is 6.27. The van der Waals surface area contributed by atoms with E-state index in [9.17, 15) is 4.79 Å². The molecule has 1 fully saturated rings. The normalized spacial score (nSPS) is 18.0. The van der Waals surface area contributed by atoms with Crippen LogP contribution in [-0.2, 0) is 6.42 Å². The molecule has 4 heteroatoms. The van der Waals surface area contributed by atoms with E-state index < -0.39 is 0 Å². The van der Waals surface area contributed by atoms with Crippen LogP contribution < -0.4 is 10.2 Å². The molecule has 28 heavy (non-hydrogen) atoms. The molecule has 0 aromatic heterocycles. The zero-order chi connectivity index (χ0) is 19.5. The Labute approximate surface area is 168 Å². The highest BCUT2D eigenvalue weighted by Gasteiger charge is 2.25. The van der Waals surface area contributed by atoms with Gasteiger partial charge in [-0.15, -0.1) is 0 Å². The van der Waals surface area contributed by atoms with Gasteiger partial charge in [0, 0.05) is 31.4 Å². The molecule has 148 valence electrons. The number of hydrogen-bond donors (Lipinski definition) is 1. The van der Waals surface area contributed by atoms with E-state index >= 15 is 0 Å². The van der Waals surface area contributed by atoms with E-state index in [-0.39, 0.29) is 11.9 Å². The third-order valence-electron chi connectivity index (χ3n) is 6.27. The number of amides is 1. The monoisotopic (exact) mass is 377 g/mol. The second-order valence-corrected chi connectivity index (χ2v) is 8.20. The Morgan fingerprint density at radius 2 is 1.86 bits per heavy atom. The number of carbonyl (C=O) groups is 1. The van der Waals surface area contributed by atoms with Crippen LogP contribution in [0, 0.1) is 6.92 Å². The predicted molar refractivity (Wildman–Crippen MR) is 115 cm³/mol. The smallest absolute Gasteiger partial charge is 0.251 e. The molecule has 0 saturated carbocycles. The van der Waals surface area contributed by atoms with Gasteiger partial charge in [0.1, 0.15) is 0 Å². The van der Waals surface area contributed by atoms with Crippen molar-refractivity contribution in [2.45, 2.75) is 38.6 Å². The number of carbonyl (C=O) groups excluding carboxylic acids is 1. The summed E-state index contributed by atoms with van der Waals surface area (Å²) in [5, 5.41) is 3.21. The Morgan fingerprint density at radius 1 is 1.07 bits per heavy atom. The summed E-state index contributed by atoms with van der Waals surface area (Å²) >= 11 is 0. The van der Waals surface area contributed by atoms with Crippen LogP contribution in [0.4, 0.5) is 5.69 Å². The van der Waals surface area contributed by atoms with Gasteiger partial charge in [0.2, 0.25) is 0 Å². The predicted octanol–water partition coefficient (Wildman–Crippen LogP) is 3.94. The lowest BCUT2D eigenvalue weighted by Gasteiger charge is -2.32. The van der Waals surface area contributed by atoms with Crippen LogP contribution in [-0.4, -0.2) is 44.0 Å². The molecule has 0 radical (unpaired) electrons. The van der Waals surface area contributed by atoms with Crippen LogP contribution >= 0.6 is 0 Å². The van der Waals surface area contributed by atoms with Crippen LogP contribution in [0.25, 0.3) is 0 Å². The number of likely N-dealkylation sites (tertiary alicyclic amines) is 1. The van der Waals surface area contributed by atoms with Crippen LogP contribution in [0.5, 0.6) is 0 Å². The third kappa shape index (κ3) is 3.93. The molecular formula is C24H31N3O. The maximum Gasteiger partial charge on any atom is 0.251 e. The van der Waals surface area contributed by atoms with Gasteiger partial charge in [-0.25, -0.2) is 0 Å². The SMILES string of the molecule is Cc1ccccc1C(=O)NC[C@H](c1ccc2c(c1)CCCN2C)N1CCCC1. The first kappa shape index (κ1) is 19.0. The number of benzene rings is 2. The fourth-order valence-electron chi connectivity index (χ4n) is 4.64. The number of nitrogens with one attached hydrogen (secondary N) is 1. The zero-order valence-electron chi connectivity index (χ0n) is 17.1. The van der Waals surface area contributed by atoms with E-state index in [0.717, 1.165) is 37.2 Å². The van der Waals surface area contributed by atoms with Crippen molar-refractivity contribution in [2.75, 3.05) is 38.1 Å². The molecule has 2 aliphatic heterocycles. The summed E-state index contributed by atoms with van der Waals surface area (Å²) in [6.45, 7) is 6.01. The highest BCUT2D eigenvalue weighted by molar-refractivity contribution is 5.95. The summed E-state index contributed by atoms with van der Waals surface area (Å²) in [6, 6.07) is 15.0. The van der Waals surface area contributed by atoms with E-state index in [4.69, 9.17) is 0 Å². The van der Waals surface area contributed by atoms with Crippen molar-refractivity contribution in [3.05, 3.63) is 64.7 Å². The van der Waals surface area contributed by atoms with Gasteiger partial charge >= 0.3 is 0 Å². The first-order chi connectivity index (χ1) is 13.6. The molecule has 0 aliphatic carbocycles. The summed E-state index contributed by atoms with van der Waals surface area (Å²) in [4.78, 5) is 17.6. The highest BCUT2D eigenvalue weighted by Crippen LogP contribution is 2.31. The lowest BCUT2D eigenvalue weighted by Crippen LogP contribution is -2.37. The Morgan fingerprint density at radius 3 is 2.64 bits per heavy atom. The molecule has 2 heterocycles. The maximum atomic E-state index is 12.8. The van der Waals surface area contributed by atoms with Gasteiger partial charge in [-0.1, -0.05) is 30.3 Å². The molecule has 4 nitrogen and oxygen atoms in total. The Hall–Kier alpha value is -2.33. The number of rotatable bonds is 5. The Balaban J connectivity index is 1.54. The number of fused-ring (bicyclic) bond motifs is 1. The fourth-order valence-corrected chi connectivity index (χ4v) is 4.64. The van der Waals surface area contributed by atoms with E-state index in [1.807, 2.05) is 31.2 Å². The van der Waals surface area contributed by atoms with Gasteiger partial charge in [0.25, 0.3) is 5.91 Å². The van der Waals surface area contributed by atoms with Gasteiger partial charge in [0.05, 0.1) is 6.04 Å². The Bertz CT molecular complexity index is 841. The van der Waals surface area contributed by atoms with E-state index in [2.05, 4.69) is 40.4 Å². The lowest BCUT2D eigenvalue weighted by atomic mass is 9.96. The quantitative estimate of drug-likeness (QED) is 0.857. The number of anilines is 1. The van der Waals surface area contributed by atoms with Crippen LogP contribution in [0.1, 0.15) is 52.4 Å². The van der Waals surface area contributed by atoms with Gasteiger partial charge in [-0.3, -0.25) is 9.69 Å². The Kier molecular flexibility index (Phi) is 5.67. The molecule has 1 amide bonds. The molecule has 2 aromatic rings. The van der Waals surface area contributed by atoms with Crippen molar-refractivity contribution < 1.29 is 4.79 Å². The van der Waals surface area contributed by atoms with Crippen molar-refractivity contribution in [3.63, 3.8) is 0 Å². The maximum absolute atomic E-state index is 12.8. The van der Waals surface area contributed by atoms with Crippen molar-refractivity contribution in [2.24, 2.45) is 0 Å². The molecule has 0 spiro atoms. The van der Waals surface area contributed by atoms with E-state index in [1.54, 1.807) is 0 Å². The van der Waals surface area contributed by atoms with Crippen molar-refractivity contribution in [1.29, 1.82) is 0 Å². The largest absolute Gasteiger partial charge is 0.374 e. The molecule has 2 aliphatic rings. The van der Waals surface area contributed by atoms with E-state index in [1.165, 1.54) is 36.1 Å². The van der Waals surface area contributed by atoms with Crippen LogP contribution in [0.2, 0.25) is 0 Å².